The van der Waals surface area contributed by atoms with Crippen LogP contribution >= 0.6 is 0 Å². The monoisotopic (exact) mass is 269 g/mol. The second-order valence-electron chi connectivity index (χ2n) is 6.23. The van der Waals surface area contributed by atoms with Gasteiger partial charge in [-0.3, -0.25) is 0 Å². The molecule has 0 N–H and O–H groups in total. The van der Waals surface area contributed by atoms with Crippen LogP contribution in [0, 0.1) is 5.92 Å². The Kier molecular flexibility index (Phi) is 11.7. The van der Waals surface area contributed by atoms with Crippen molar-refractivity contribution in [3.05, 3.63) is 0 Å². The molecule has 2 unspecified atom stereocenters. The molecule has 1 nitrogen and oxygen atoms in total. The van der Waals surface area contributed by atoms with Crippen LogP contribution in [-0.4, -0.2) is 5.60 Å². The van der Waals surface area contributed by atoms with Crippen molar-refractivity contribution in [2.75, 3.05) is 0 Å². The third kappa shape index (κ3) is 7.97. The van der Waals surface area contributed by atoms with Crippen LogP contribution in [0.3, 0.4) is 0 Å². The molecule has 0 heterocycles. The summed E-state index contributed by atoms with van der Waals surface area (Å²) in [4.78, 5) is 0. The summed E-state index contributed by atoms with van der Waals surface area (Å²) in [5, 5.41) is 13.1. The predicted octanol–water partition coefficient (Wildman–Crippen LogP) is 6.53. The van der Waals surface area contributed by atoms with Gasteiger partial charge in [0.15, 0.2) is 0 Å². The topological polar surface area (TPSA) is 19.9 Å². The van der Waals surface area contributed by atoms with Crippen molar-refractivity contribution in [1.29, 1.82) is 0 Å². The van der Waals surface area contributed by atoms with Gasteiger partial charge in [0.05, 0.1) is 0 Å². The molecule has 0 aliphatic carbocycles. The Labute approximate surface area is 122 Å². The first-order valence-corrected chi connectivity index (χ1v) is 8.84. The van der Waals surface area contributed by atoms with Crippen molar-refractivity contribution in [1.82, 2.24) is 0 Å². The van der Waals surface area contributed by atoms with Crippen molar-refractivity contribution in [3.63, 3.8) is 0 Å². The maximum Gasteiger partial charge on any atom is 0.106 e. The Hall–Kier alpha value is -0.0400. The minimum absolute atomic E-state index is 0.396. The summed E-state index contributed by atoms with van der Waals surface area (Å²) in [5.41, 5.74) is -0.635. The largest absolute Gasteiger partial charge is 0.229 e. The van der Waals surface area contributed by atoms with E-state index in [0.29, 0.717) is 5.92 Å². The van der Waals surface area contributed by atoms with Crippen LogP contribution in [0.4, 0.5) is 0 Å². The van der Waals surface area contributed by atoms with Crippen LogP contribution in [0.5, 0.6) is 0 Å². The number of hydrogen-bond acceptors (Lipinski definition) is 0. The highest BCUT2D eigenvalue weighted by Crippen LogP contribution is 2.35. The number of unbranched alkanes of at least 4 members (excludes halogenated alkanes) is 5. The van der Waals surface area contributed by atoms with Crippen molar-refractivity contribution in [3.8, 4) is 0 Å². The zero-order valence-corrected chi connectivity index (χ0v) is 14.0. The molecule has 115 valence electrons. The molecule has 0 spiro atoms. The summed E-state index contributed by atoms with van der Waals surface area (Å²) in [7, 11) is 0. The van der Waals surface area contributed by atoms with Gasteiger partial charge in [-0.25, -0.2) is 5.11 Å². The fourth-order valence-electron chi connectivity index (χ4n) is 3.35. The molecule has 0 bridgehead atoms. The Morgan fingerprint density at radius 1 is 0.737 bits per heavy atom. The minimum Gasteiger partial charge on any atom is -0.229 e. The van der Waals surface area contributed by atoms with E-state index in [4.69, 9.17) is 0 Å². The molecule has 0 amide bonds. The van der Waals surface area contributed by atoms with Crippen molar-refractivity contribution < 1.29 is 5.11 Å². The van der Waals surface area contributed by atoms with E-state index in [1.807, 2.05) is 0 Å². The fourth-order valence-corrected chi connectivity index (χ4v) is 3.35. The second kappa shape index (κ2) is 11.8. The fraction of sp³-hybridized carbons (Fsp3) is 1.00. The quantitative estimate of drug-likeness (QED) is 0.339. The SMILES string of the molecule is CCCCCCCCC([O])(CCC)C(CC)CCC. The molecular weight excluding hydrogens is 232 g/mol. The standard InChI is InChI=1S/C18H37O/c1-5-9-10-11-12-13-16-18(19,15-7-3)17(8-4)14-6-2/h17H,5-16H2,1-4H3. The summed E-state index contributed by atoms with van der Waals surface area (Å²) in [6.07, 6.45) is 13.9. The summed E-state index contributed by atoms with van der Waals surface area (Å²) in [6, 6.07) is 0. The van der Waals surface area contributed by atoms with E-state index in [-0.39, 0.29) is 0 Å². The van der Waals surface area contributed by atoms with Crippen LogP contribution in [-0.2, 0) is 5.11 Å². The molecule has 0 saturated heterocycles. The molecule has 0 aliphatic rings. The summed E-state index contributed by atoms with van der Waals surface area (Å²) >= 11 is 0. The molecule has 0 fully saturated rings. The molecule has 0 aromatic heterocycles. The van der Waals surface area contributed by atoms with E-state index in [9.17, 15) is 5.11 Å². The van der Waals surface area contributed by atoms with E-state index in [2.05, 4.69) is 27.7 Å². The van der Waals surface area contributed by atoms with Gasteiger partial charge in [-0.05, 0) is 25.2 Å². The molecule has 19 heavy (non-hydrogen) atoms. The molecule has 0 saturated carbocycles. The number of rotatable bonds is 13. The molecule has 1 radical (unpaired) electrons. The average molecular weight is 269 g/mol. The predicted molar refractivity (Wildman–Crippen MR) is 85.0 cm³/mol. The summed E-state index contributed by atoms with van der Waals surface area (Å²) in [5.74, 6) is 0.396. The summed E-state index contributed by atoms with van der Waals surface area (Å²) < 4.78 is 0. The zero-order chi connectivity index (χ0) is 14.6. The van der Waals surface area contributed by atoms with Crippen LogP contribution < -0.4 is 0 Å². The lowest BCUT2D eigenvalue weighted by Gasteiger charge is -2.33. The number of hydrogen-bond donors (Lipinski definition) is 0. The molecule has 0 aliphatic heterocycles. The van der Waals surface area contributed by atoms with Gasteiger partial charge >= 0.3 is 0 Å². The lowest BCUT2D eigenvalue weighted by atomic mass is 9.76. The normalized spacial score (nSPS) is 16.3. The highest BCUT2D eigenvalue weighted by Gasteiger charge is 2.35. The third-order valence-electron chi connectivity index (χ3n) is 4.50. The van der Waals surface area contributed by atoms with Gasteiger partial charge in [-0.1, -0.05) is 85.5 Å². The molecule has 0 aromatic carbocycles. The molecule has 0 rings (SSSR count). The molecule has 1 heteroatoms. The highest BCUT2D eigenvalue weighted by atomic mass is 16.3. The summed E-state index contributed by atoms with van der Waals surface area (Å²) in [6.45, 7) is 8.82. The van der Waals surface area contributed by atoms with Gasteiger partial charge in [-0.2, -0.15) is 0 Å². The van der Waals surface area contributed by atoms with Crippen LogP contribution in [0.15, 0.2) is 0 Å². The molecular formula is C18H37O. The van der Waals surface area contributed by atoms with E-state index >= 15 is 0 Å². The van der Waals surface area contributed by atoms with Gasteiger partial charge in [-0.15, -0.1) is 0 Å². The van der Waals surface area contributed by atoms with Gasteiger partial charge < -0.3 is 0 Å². The van der Waals surface area contributed by atoms with Crippen molar-refractivity contribution in [2.24, 2.45) is 5.92 Å². The smallest absolute Gasteiger partial charge is 0.106 e. The van der Waals surface area contributed by atoms with Gasteiger partial charge in [0.2, 0.25) is 0 Å². The molecule has 0 aromatic rings. The maximum absolute atomic E-state index is 13.1. The Morgan fingerprint density at radius 2 is 1.37 bits per heavy atom. The van der Waals surface area contributed by atoms with Crippen LogP contribution in [0.1, 0.15) is 105 Å². The first kappa shape index (κ1) is 19.0. The first-order chi connectivity index (χ1) is 9.14. The third-order valence-corrected chi connectivity index (χ3v) is 4.50. The van der Waals surface area contributed by atoms with Gasteiger partial charge in [0.25, 0.3) is 0 Å². The van der Waals surface area contributed by atoms with Gasteiger partial charge in [0.1, 0.15) is 5.60 Å². The lowest BCUT2D eigenvalue weighted by molar-refractivity contribution is -0.0966. The lowest BCUT2D eigenvalue weighted by Crippen LogP contribution is -2.36. The van der Waals surface area contributed by atoms with E-state index in [0.717, 1.165) is 44.9 Å². The minimum atomic E-state index is -0.635. The van der Waals surface area contributed by atoms with Crippen molar-refractivity contribution >= 4 is 0 Å². The Morgan fingerprint density at radius 3 is 1.89 bits per heavy atom. The second-order valence-corrected chi connectivity index (χ2v) is 6.23. The van der Waals surface area contributed by atoms with E-state index < -0.39 is 5.60 Å². The zero-order valence-electron chi connectivity index (χ0n) is 14.0. The van der Waals surface area contributed by atoms with Gasteiger partial charge in [0, 0.05) is 0 Å². The van der Waals surface area contributed by atoms with Crippen LogP contribution in [0.25, 0.3) is 0 Å². The van der Waals surface area contributed by atoms with E-state index in [1.54, 1.807) is 0 Å². The first-order valence-electron chi connectivity index (χ1n) is 8.84. The van der Waals surface area contributed by atoms with E-state index in [1.165, 1.54) is 32.1 Å². The van der Waals surface area contributed by atoms with Crippen molar-refractivity contribution in [2.45, 2.75) is 110 Å². The van der Waals surface area contributed by atoms with Crippen LogP contribution in [0.2, 0.25) is 0 Å². The average Bonchev–Trinajstić information content (AvgIpc) is 2.40. The Balaban J connectivity index is 4.13. The molecule has 2 atom stereocenters. The highest BCUT2D eigenvalue weighted by molar-refractivity contribution is 4.85. The maximum atomic E-state index is 13.1. The Bertz CT molecular complexity index is 190.